The van der Waals surface area contributed by atoms with Crippen molar-refractivity contribution in [2.45, 2.75) is 10.9 Å². The fraction of sp³-hybridized carbons (Fsp3) is 0.250. The minimum Gasteiger partial charge on any atom is -0.368 e. The highest BCUT2D eigenvalue weighted by atomic mass is 35.5. The lowest BCUT2D eigenvalue weighted by molar-refractivity contribution is 0.795. The Balaban J connectivity index is 2.02. The number of nitrogen functional groups attached to an aromatic ring is 1. The van der Waals surface area contributed by atoms with Crippen molar-refractivity contribution in [2.24, 2.45) is 7.05 Å². The van der Waals surface area contributed by atoms with Gasteiger partial charge in [0.1, 0.15) is 5.15 Å². The molecule has 2 rings (SSSR count). The van der Waals surface area contributed by atoms with Gasteiger partial charge in [-0.25, -0.2) is 4.98 Å². The van der Waals surface area contributed by atoms with Crippen LogP contribution in [0.1, 0.15) is 5.69 Å². The molecule has 0 unspecified atom stereocenters. The monoisotopic (exact) mass is 256 g/mol. The third-order valence-electron chi connectivity index (χ3n) is 1.89. The summed E-state index contributed by atoms with van der Waals surface area (Å²) in [4.78, 5) is 8.07. The van der Waals surface area contributed by atoms with Crippen LogP contribution in [0.5, 0.6) is 0 Å². The number of halogens is 1. The molecule has 0 saturated heterocycles. The fourth-order valence-corrected chi connectivity index (χ4v) is 1.91. The number of nitrogens with zero attached hydrogens (tertiary/aromatic N) is 5. The Labute approximate surface area is 101 Å². The van der Waals surface area contributed by atoms with E-state index in [1.165, 1.54) is 18.0 Å². The molecule has 2 aromatic rings. The highest BCUT2D eigenvalue weighted by Crippen LogP contribution is 2.20. The van der Waals surface area contributed by atoms with Crippen LogP contribution in [0.25, 0.3) is 0 Å². The van der Waals surface area contributed by atoms with Gasteiger partial charge in [-0.2, -0.15) is 0 Å². The minimum absolute atomic E-state index is 0.386. The molecule has 6 nitrogen and oxygen atoms in total. The van der Waals surface area contributed by atoms with E-state index in [-0.39, 0.29) is 0 Å². The molecule has 2 aromatic heterocycles. The first kappa shape index (κ1) is 11.2. The van der Waals surface area contributed by atoms with Crippen LogP contribution in [0, 0.1) is 0 Å². The second kappa shape index (κ2) is 4.67. The number of hydrogen-bond acceptors (Lipinski definition) is 6. The summed E-state index contributed by atoms with van der Waals surface area (Å²) in [5.74, 6) is 1.04. The molecule has 0 fully saturated rings. The van der Waals surface area contributed by atoms with Crippen LogP contribution in [0.4, 0.5) is 5.95 Å². The van der Waals surface area contributed by atoms with Crippen LogP contribution in [0.2, 0.25) is 5.15 Å². The second-order valence-electron chi connectivity index (χ2n) is 3.02. The van der Waals surface area contributed by atoms with Gasteiger partial charge in [0.25, 0.3) is 0 Å². The van der Waals surface area contributed by atoms with Crippen molar-refractivity contribution in [1.29, 1.82) is 0 Å². The molecule has 0 radical (unpaired) electrons. The molecular formula is C8H9ClN6S. The van der Waals surface area contributed by atoms with Crippen molar-refractivity contribution >= 4 is 29.3 Å². The summed E-state index contributed by atoms with van der Waals surface area (Å²) in [7, 11) is 1.81. The lowest BCUT2D eigenvalue weighted by Crippen LogP contribution is -1.98. The van der Waals surface area contributed by atoms with Crippen LogP contribution in [-0.2, 0) is 12.8 Å². The maximum absolute atomic E-state index is 5.63. The zero-order chi connectivity index (χ0) is 11.5. The molecule has 16 heavy (non-hydrogen) atoms. The third kappa shape index (κ3) is 2.42. The van der Waals surface area contributed by atoms with E-state index in [4.69, 9.17) is 17.3 Å². The summed E-state index contributed by atoms with van der Waals surface area (Å²) in [5, 5.41) is 8.81. The molecule has 0 aromatic carbocycles. The Morgan fingerprint density at radius 1 is 1.38 bits per heavy atom. The average Bonchev–Trinajstić information content (AvgIpc) is 2.60. The molecule has 0 spiro atoms. The summed E-state index contributed by atoms with van der Waals surface area (Å²) in [5.41, 5.74) is 6.39. The zero-order valence-electron chi connectivity index (χ0n) is 8.46. The number of rotatable bonds is 3. The first-order valence-electron chi connectivity index (χ1n) is 4.41. The second-order valence-corrected chi connectivity index (χ2v) is 4.35. The van der Waals surface area contributed by atoms with Gasteiger partial charge in [0.15, 0.2) is 5.16 Å². The van der Waals surface area contributed by atoms with Crippen LogP contribution in [-0.4, -0.2) is 24.7 Å². The summed E-state index contributed by atoms with van der Waals surface area (Å²) < 4.78 is 1.72. The quantitative estimate of drug-likeness (QED) is 0.829. The summed E-state index contributed by atoms with van der Waals surface area (Å²) >= 11 is 7.12. The molecule has 0 bridgehead atoms. The van der Waals surface area contributed by atoms with Crippen molar-refractivity contribution in [3.8, 4) is 0 Å². The largest absolute Gasteiger partial charge is 0.368 e. The number of nitrogens with two attached hydrogens (primary N) is 1. The molecule has 0 aliphatic carbocycles. The van der Waals surface area contributed by atoms with Crippen molar-refractivity contribution in [1.82, 2.24) is 24.7 Å². The molecule has 0 atom stereocenters. The van der Waals surface area contributed by atoms with E-state index in [9.17, 15) is 0 Å². The normalized spacial score (nSPS) is 10.6. The lowest BCUT2D eigenvalue weighted by atomic mass is 10.5. The van der Waals surface area contributed by atoms with Gasteiger partial charge in [-0.1, -0.05) is 23.4 Å². The van der Waals surface area contributed by atoms with Gasteiger partial charge in [0.05, 0.1) is 18.1 Å². The Kier molecular flexibility index (Phi) is 3.25. The van der Waals surface area contributed by atoms with Gasteiger partial charge in [-0.05, 0) is 0 Å². The van der Waals surface area contributed by atoms with Gasteiger partial charge < -0.3 is 5.73 Å². The van der Waals surface area contributed by atoms with Crippen molar-refractivity contribution in [3.63, 3.8) is 0 Å². The van der Waals surface area contributed by atoms with Crippen LogP contribution in [0.15, 0.2) is 17.6 Å². The highest BCUT2D eigenvalue weighted by molar-refractivity contribution is 7.98. The molecule has 0 saturated carbocycles. The maximum Gasteiger partial charge on any atom is 0.222 e. The predicted molar refractivity (Wildman–Crippen MR) is 62.0 cm³/mol. The van der Waals surface area contributed by atoms with Gasteiger partial charge in [-0.3, -0.25) is 9.55 Å². The average molecular weight is 257 g/mol. The SMILES string of the molecule is Cn1c(N)nnc1SCc1cnc(Cl)cn1. The molecule has 0 aliphatic rings. The Morgan fingerprint density at radius 2 is 2.19 bits per heavy atom. The maximum atomic E-state index is 5.63. The topological polar surface area (TPSA) is 82.5 Å². The molecule has 2 N–H and O–H groups in total. The van der Waals surface area contributed by atoms with E-state index in [0.717, 1.165) is 10.9 Å². The molecular weight excluding hydrogens is 248 g/mol. The standard InChI is InChI=1S/C8H9ClN6S/c1-15-7(10)13-14-8(15)16-4-5-2-12-6(9)3-11-5/h2-3H,4H2,1H3,(H2,10,13). The third-order valence-corrected chi connectivity index (χ3v) is 3.14. The van der Waals surface area contributed by atoms with Crippen LogP contribution in [0.3, 0.4) is 0 Å². The Bertz CT molecular complexity index is 482. The van der Waals surface area contributed by atoms with E-state index in [1.54, 1.807) is 10.8 Å². The first-order valence-corrected chi connectivity index (χ1v) is 5.77. The van der Waals surface area contributed by atoms with Crippen molar-refractivity contribution < 1.29 is 0 Å². The molecule has 84 valence electrons. The summed E-state index contributed by atoms with van der Waals surface area (Å²) in [6, 6.07) is 0. The number of thioether (sulfide) groups is 1. The predicted octanol–water partition coefficient (Wildman–Crippen LogP) is 1.13. The highest BCUT2D eigenvalue weighted by Gasteiger charge is 2.06. The van der Waals surface area contributed by atoms with E-state index in [0.29, 0.717) is 16.9 Å². The summed E-state index contributed by atoms with van der Waals surface area (Å²) in [6.45, 7) is 0. The fourth-order valence-electron chi connectivity index (χ4n) is 1.00. The lowest BCUT2D eigenvalue weighted by Gasteiger charge is -2.00. The van der Waals surface area contributed by atoms with E-state index in [1.807, 2.05) is 7.05 Å². The van der Waals surface area contributed by atoms with E-state index in [2.05, 4.69) is 20.2 Å². The first-order chi connectivity index (χ1) is 7.66. The minimum atomic E-state index is 0.386. The molecule has 2 heterocycles. The van der Waals surface area contributed by atoms with E-state index < -0.39 is 0 Å². The summed E-state index contributed by atoms with van der Waals surface area (Å²) in [6.07, 6.45) is 3.15. The van der Waals surface area contributed by atoms with Gasteiger partial charge in [0, 0.05) is 12.8 Å². The van der Waals surface area contributed by atoms with Gasteiger partial charge in [-0.15, -0.1) is 10.2 Å². The number of anilines is 1. The molecule has 8 heteroatoms. The van der Waals surface area contributed by atoms with E-state index >= 15 is 0 Å². The van der Waals surface area contributed by atoms with Gasteiger partial charge in [0.2, 0.25) is 5.95 Å². The zero-order valence-corrected chi connectivity index (χ0v) is 10.0. The Morgan fingerprint density at radius 3 is 2.75 bits per heavy atom. The molecule has 0 aliphatic heterocycles. The van der Waals surface area contributed by atoms with Gasteiger partial charge >= 0.3 is 0 Å². The Hall–Kier alpha value is -1.34. The number of aromatic nitrogens is 5. The molecule has 0 amide bonds. The smallest absolute Gasteiger partial charge is 0.222 e. The number of hydrogen-bond donors (Lipinski definition) is 1. The van der Waals surface area contributed by atoms with Crippen molar-refractivity contribution in [3.05, 3.63) is 23.2 Å². The van der Waals surface area contributed by atoms with Crippen molar-refractivity contribution in [2.75, 3.05) is 5.73 Å². The van der Waals surface area contributed by atoms with Crippen LogP contribution < -0.4 is 5.73 Å². The van der Waals surface area contributed by atoms with Crippen LogP contribution >= 0.6 is 23.4 Å².